The summed E-state index contributed by atoms with van der Waals surface area (Å²) in [5.74, 6) is 0. The van der Waals surface area contributed by atoms with Gasteiger partial charge in [-0.3, -0.25) is 0 Å². The van der Waals surface area contributed by atoms with E-state index in [1.807, 2.05) is 24.3 Å². The third-order valence-corrected chi connectivity index (χ3v) is 3.20. The molecule has 0 saturated heterocycles. The lowest BCUT2D eigenvalue weighted by atomic mass is 10.3. The molecular weight excluding hydrogens is 222 g/mol. The minimum absolute atomic E-state index is 0.635. The topological polar surface area (TPSA) is 51.0 Å². The molecule has 0 radical (unpaired) electrons. The van der Waals surface area contributed by atoms with Crippen LogP contribution in [-0.4, -0.2) is 10.1 Å². The van der Waals surface area contributed by atoms with Gasteiger partial charge in [0.1, 0.15) is 12.0 Å². The number of para-hydroxylation sites is 1. The Balaban J connectivity index is 1.79. The van der Waals surface area contributed by atoms with Crippen molar-refractivity contribution < 1.29 is 4.52 Å². The Labute approximate surface area is 95.9 Å². The van der Waals surface area contributed by atoms with E-state index in [0.29, 0.717) is 6.54 Å². The Bertz CT molecular complexity index is 555. The number of anilines is 1. The zero-order chi connectivity index (χ0) is 10.8. The van der Waals surface area contributed by atoms with E-state index in [2.05, 4.69) is 21.5 Å². The van der Waals surface area contributed by atoms with Crippen LogP contribution in [0.1, 0.15) is 5.69 Å². The normalized spacial score (nSPS) is 10.8. The molecule has 1 aromatic carbocycles. The van der Waals surface area contributed by atoms with Crippen molar-refractivity contribution in [2.24, 2.45) is 0 Å². The number of nitrogens with one attached hydrogen (secondary N) is 1. The first-order valence-corrected chi connectivity index (χ1v) is 5.72. The summed E-state index contributed by atoms with van der Waals surface area (Å²) in [5.41, 5.74) is 1.90. The maximum Gasteiger partial charge on any atom is 0.184 e. The van der Waals surface area contributed by atoms with Gasteiger partial charge in [0, 0.05) is 6.07 Å². The molecule has 0 unspecified atom stereocenters. The molecule has 2 aromatic heterocycles. The van der Waals surface area contributed by atoms with Crippen LogP contribution in [0.5, 0.6) is 0 Å². The van der Waals surface area contributed by atoms with Crippen LogP contribution in [0.4, 0.5) is 5.13 Å². The van der Waals surface area contributed by atoms with Crippen LogP contribution >= 0.6 is 11.3 Å². The number of nitrogens with zero attached hydrogens (tertiary/aromatic N) is 2. The summed E-state index contributed by atoms with van der Waals surface area (Å²) in [5, 5.41) is 7.95. The highest BCUT2D eigenvalue weighted by Crippen LogP contribution is 2.25. The Morgan fingerprint density at radius 2 is 2.19 bits per heavy atom. The van der Waals surface area contributed by atoms with Gasteiger partial charge in [0.05, 0.1) is 16.8 Å². The monoisotopic (exact) mass is 231 g/mol. The van der Waals surface area contributed by atoms with Gasteiger partial charge in [-0.05, 0) is 12.1 Å². The zero-order valence-electron chi connectivity index (χ0n) is 8.38. The first-order valence-electron chi connectivity index (χ1n) is 4.90. The van der Waals surface area contributed by atoms with Crippen LogP contribution in [0.25, 0.3) is 10.2 Å². The van der Waals surface area contributed by atoms with Crippen molar-refractivity contribution in [1.82, 2.24) is 10.1 Å². The summed E-state index contributed by atoms with van der Waals surface area (Å²) >= 11 is 1.64. The molecule has 2 heterocycles. The smallest absolute Gasteiger partial charge is 0.184 e. The summed E-state index contributed by atoms with van der Waals surface area (Å²) in [4.78, 5) is 4.46. The molecule has 0 aliphatic carbocycles. The molecule has 3 aromatic rings. The van der Waals surface area contributed by atoms with Crippen molar-refractivity contribution in [3.63, 3.8) is 0 Å². The van der Waals surface area contributed by atoms with Crippen LogP contribution in [0, 0.1) is 0 Å². The van der Waals surface area contributed by atoms with Gasteiger partial charge in [0.2, 0.25) is 0 Å². The van der Waals surface area contributed by atoms with Crippen molar-refractivity contribution in [3.8, 4) is 0 Å². The number of hydrogen-bond donors (Lipinski definition) is 1. The predicted molar refractivity (Wildman–Crippen MR) is 63.4 cm³/mol. The van der Waals surface area contributed by atoms with Crippen molar-refractivity contribution >= 4 is 26.7 Å². The molecule has 1 N–H and O–H groups in total. The number of aromatic nitrogens is 2. The first kappa shape index (κ1) is 9.35. The van der Waals surface area contributed by atoms with E-state index in [0.717, 1.165) is 16.3 Å². The fourth-order valence-corrected chi connectivity index (χ4v) is 2.30. The number of benzene rings is 1. The van der Waals surface area contributed by atoms with E-state index in [4.69, 9.17) is 4.52 Å². The van der Waals surface area contributed by atoms with Crippen LogP contribution in [0.3, 0.4) is 0 Å². The lowest BCUT2D eigenvalue weighted by Crippen LogP contribution is -1.98. The van der Waals surface area contributed by atoms with Crippen molar-refractivity contribution in [2.45, 2.75) is 6.54 Å². The van der Waals surface area contributed by atoms with Gasteiger partial charge >= 0.3 is 0 Å². The van der Waals surface area contributed by atoms with Crippen molar-refractivity contribution in [1.29, 1.82) is 0 Å². The fourth-order valence-electron chi connectivity index (χ4n) is 1.44. The minimum Gasteiger partial charge on any atom is -0.364 e. The Morgan fingerprint density at radius 3 is 3.00 bits per heavy atom. The maximum atomic E-state index is 4.75. The molecule has 0 aliphatic rings. The van der Waals surface area contributed by atoms with E-state index >= 15 is 0 Å². The second-order valence-electron chi connectivity index (χ2n) is 3.33. The SMILES string of the molecule is c1ccc2sc(NCc3ccon3)nc2c1. The first-order chi connectivity index (χ1) is 7.92. The van der Waals surface area contributed by atoms with E-state index in [9.17, 15) is 0 Å². The highest BCUT2D eigenvalue weighted by atomic mass is 32.1. The van der Waals surface area contributed by atoms with E-state index in [1.54, 1.807) is 17.6 Å². The highest BCUT2D eigenvalue weighted by Gasteiger charge is 2.03. The van der Waals surface area contributed by atoms with Crippen LogP contribution in [0.15, 0.2) is 41.1 Å². The zero-order valence-corrected chi connectivity index (χ0v) is 9.20. The molecule has 0 spiro atoms. The van der Waals surface area contributed by atoms with E-state index in [-0.39, 0.29) is 0 Å². The summed E-state index contributed by atoms with van der Waals surface area (Å²) < 4.78 is 5.94. The Morgan fingerprint density at radius 1 is 1.25 bits per heavy atom. The summed E-state index contributed by atoms with van der Waals surface area (Å²) in [7, 11) is 0. The number of hydrogen-bond acceptors (Lipinski definition) is 5. The molecule has 3 rings (SSSR count). The van der Waals surface area contributed by atoms with Crippen molar-refractivity contribution in [2.75, 3.05) is 5.32 Å². The third-order valence-electron chi connectivity index (χ3n) is 2.21. The average molecular weight is 231 g/mol. The minimum atomic E-state index is 0.635. The molecule has 0 saturated carbocycles. The van der Waals surface area contributed by atoms with Crippen molar-refractivity contribution in [3.05, 3.63) is 42.3 Å². The number of thiazole rings is 1. The quantitative estimate of drug-likeness (QED) is 0.753. The number of rotatable bonds is 3. The molecule has 0 aliphatic heterocycles. The van der Waals surface area contributed by atoms with Gasteiger partial charge < -0.3 is 9.84 Å². The van der Waals surface area contributed by atoms with Crippen LogP contribution in [-0.2, 0) is 6.54 Å². The highest BCUT2D eigenvalue weighted by molar-refractivity contribution is 7.22. The molecule has 16 heavy (non-hydrogen) atoms. The lowest BCUT2D eigenvalue weighted by Gasteiger charge is -1.96. The molecule has 0 atom stereocenters. The average Bonchev–Trinajstić information content (AvgIpc) is 2.95. The second kappa shape index (κ2) is 3.94. The fraction of sp³-hybridized carbons (Fsp3) is 0.0909. The van der Waals surface area contributed by atoms with Gasteiger partial charge in [0.15, 0.2) is 5.13 Å². The maximum absolute atomic E-state index is 4.75. The van der Waals surface area contributed by atoms with Gasteiger partial charge in [-0.1, -0.05) is 28.6 Å². The van der Waals surface area contributed by atoms with Gasteiger partial charge in [-0.25, -0.2) is 4.98 Å². The molecule has 80 valence electrons. The largest absolute Gasteiger partial charge is 0.364 e. The van der Waals surface area contributed by atoms with Gasteiger partial charge in [-0.15, -0.1) is 0 Å². The summed E-state index contributed by atoms with van der Waals surface area (Å²) in [6.07, 6.45) is 1.56. The van der Waals surface area contributed by atoms with Crippen LogP contribution in [0.2, 0.25) is 0 Å². The van der Waals surface area contributed by atoms with E-state index in [1.165, 1.54) is 4.70 Å². The Kier molecular flexibility index (Phi) is 2.30. The molecule has 0 bridgehead atoms. The molecular formula is C11H9N3OS. The Hall–Kier alpha value is -1.88. The molecule has 4 nitrogen and oxygen atoms in total. The molecule has 0 fully saturated rings. The standard InChI is InChI=1S/C11H9N3OS/c1-2-4-10-9(3-1)13-11(16-10)12-7-8-5-6-15-14-8/h1-6H,7H2,(H,12,13). The third kappa shape index (κ3) is 1.77. The predicted octanol–water partition coefficient (Wildman–Crippen LogP) is 2.90. The lowest BCUT2D eigenvalue weighted by molar-refractivity contribution is 0.412. The van der Waals surface area contributed by atoms with Gasteiger partial charge in [0.25, 0.3) is 0 Å². The summed E-state index contributed by atoms with van der Waals surface area (Å²) in [6.45, 7) is 0.635. The second-order valence-corrected chi connectivity index (χ2v) is 4.36. The van der Waals surface area contributed by atoms with E-state index < -0.39 is 0 Å². The number of fused-ring (bicyclic) bond motifs is 1. The van der Waals surface area contributed by atoms with Gasteiger partial charge in [-0.2, -0.15) is 0 Å². The molecule has 5 heteroatoms. The summed E-state index contributed by atoms with van der Waals surface area (Å²) in [6, 6.07) is 9.91. The molecule has 0 amide bonds. The van der Waals surface area contributed by atoms with Crippen LogP contribution < -0.4 is 5.32 Å².